The highest BCUT2D eigenvalue weighted by Gasteiger charge is 2.17. The van der Waals surface area contributed by atoms with E-state index < -0.39 is 0 Å². The first-order valence-corrected chi connectivity index (χ1v) is 6.08. The van der Waals surface area contributed by atoms with Crippen molar-refractivity contribution in [1.82, 2.24) is 10.6 Å². The first-order chi connectivity index (χ1) is 7.92. The minimum Gasteiger partial charge on any atom is -0.493 e. The molecule has 1 aromatic rings. The standard InChI is InChI=1S/C13H18N2O/c1-2-13(16-9-10-6-15-7-10)5-11-3-4-14-8-12(1)11/h1-2,5,10,14-15H,3-4,6-9H2. The molecular weight excluding hydrogens is 200 g/mol. The number of hydrogen-bond acceptors (Lipinski definition) is 3. The van der Waals surface area contributed by atoms with Gasteiger partial charge in [0.15, 0.2) is 0 Å². The van der Waals surface area contributed by atoms with E-state index >= 15 is 0 Å². The monoisotopic (exact) mass is 218 g/mol. The molecule has 0 unspecified atom stereocenters. The lowest BCUT2D eigenvalue weighted by Gasteiger charge is -2.27. The summed E-state index contributed by atoms with van der Waals surface area (Å²) in [6.45, 7) is 5.15. The summed E-state index contributed by atoms with van der Waals surface area (Å²) in [6.07, 6.45) is 1.12. The van der Waals surface area contributed by atoms with Gasteiger partial charge in [0.1, 0.15) is 5.75 Å². The SMILES string of the molecule is c1cc2c(cc1OCC1CNC1)CCNC2. The number of benzene rings is 1. The van der Waals surface area contributed by atoms with E-state index in [4.69, 9.17) is 4.74 Å². The second-order valence-corrected chi connectivity index (χ2v) is 4.69. The van der Waals surface area contributed by atoms with Gasteiger partial charge in [-0.15, -0.1) is 0 Å². The maximum atomic E-state index is 5.82. The maximum absolute atomic E-state index is 5.82. The zero-order valence-corrected chi connectivity index (χ0v) is 9.46. The quantitative estimate of drug-likeness (QED) is 0.792. The van der Waals surface area contributed by atoms with E-state index in [0.29, 0.717) is 5.92 Å². The average Bonchev–Trinajstić information content (AvgIpc) is 2.27. The zero-order valence-electron chi connectivity index (χ0n) is 9.46. The average molecular weight is 218 g/mol. The van der Waals surface area contributed by atoms with Gasteiger partial charge in [-0.3, -0.25) is 0 Å². The first-order valence-electron chi connectivity index (χ1n) is 6.08. The third-order valence-electron chi connectivity index (χ3n) is 3.42. The highest BCUT2D eigenvalue weighted by Crippen LogP contribution is 2.21. The van der Waals surface area contributed by atoms with Crippen LogP contribution in [0.4, 0.5) is 0 Å². The fourth-order valence-electron chi connectivity index (χ4n) is 2.22. The van der Waals surface area contributed by atoms with Gasteiger partial charge in [0, 0.05) is 25.6 Å². The number of rotatable bonds is 3. The largest absolute Gasteiger partial charge is 0.493 e. The molecule has 3 nitrogen and oxygen atoms in total. The van der Waals surface area contributed by atoms with Crippen molar-refractivity contribution >= 4 is 0 Å². The smallest absolute Gasteiger partial charge is 0.119 e. The molecule has 1 aromatic carbocycles. The summed E-state index contributed by atoms with van der Waals surface area (Å²) >= 11 is 0. The van der Waals surface area contributed by atoms with Crippen molar-refractivity contribution < 1.29 is 4.74 Å². The third kappa shape index (κ3) is 2.06. The molecule has 1 saturated heterocycles. The predicted octanol–water partition coefficient (Wildman–Crippen LogP) is 0.930. The highest BCUT2D eigenvalue weighted by molar-refractivity contribution is 5.37. The molecule has 3 rings (SSSR count). The fourth-order valence-corrected chi connectivity index (χ4v) is 2.22. The van der Waals surface area contributed by atoms with Gasteiger partial charge in [0.2, 0.25) is 0 Å². The molecule has 2 aliphatic heterocycles. The van der Waals surface area contributed by atoms with E-state index in [0.717, 1.165) is 45.0 Å². The second-order valence-electron chi connectivity index (χ2n) is 4.69. The van der Waals surface area contributed by atoms with Crippen LogP contribution in [0.25, 0.3) is 0 Å². The Morgan fingerprint density at radius 1 is 1.19 bits per heavy atom. The van der Waals surface area contributed by atoms with Gasteiger partial charge in [-0.2, -0.15) is 0 Å². The number of fused-ring (bicyclic) bond motifs is 1. The Kier molecular flexibility index (Phi) is 2.80. The molecule has 0 aromatic heterocycles. The molecule has 0 amide bonds. The molecule has 16 heavy (non-hydrogen) atoms. The molecule has 0 radical (unpaired) electrons. The first kappa shape index (κ1) is 10.1. The summed E-state index contributed by atoms with van der Waals surface area (Å²) in [4.78, 5) is 0. The van der Waals surface area contributed by atoms with E-state index in [1.807, 2.05) is 0 Å². The van der Waals surface area contributed by atoms with Gasteiger partial charge in [0.05, 0.1) is 6.61 Å². The van der Waals surface area contributed by atoms with Crippen LogP contribution in [0.15, 0.2) is 18.2 Å². The second kappa shape index (κ2) is 4.44. The Hall–Kier alpha value is -1.06. The van der Waals surface area contributed by atoms with E-state index in [2.05, 4.69) is 28.8 Å². The molecule has 0 spiro atoms. The Bertz CT molecular complexity index is 374. The summed E-state index contributed by atoms with van der Waals surface area (Å²) in [6, 6.07) is 6.50. The van der Waals surface area contributed by atoms with E-state index in [-0.39, 0.29) is 0 Å². The van der Waals surface area contributed by atoms with Gasteiger partial charge in [-0.05, 0) is 36.2 Å². The van der Waals surface area contributed by atoms with Crippen LogP contribution < -0.4 is 15.4 Å². The highest BCUT2D eigenvalue weighted by atomic mass is 16.5. The predicted molar refractivity (Wildman–Crippen MR) is 63.7 cm³/mol. The summed E-state index contributed by atoms with van der Waals surface area (Å²) in [5, 5.41) is 6.64. The van der Waals surface area contributed by atoms with Gasteiger partial charge in [-0.25, -0.2) is 0 Å². The number of nitrogens with one attached hydrogen (secondary N) is 2. The summed E-state index contributed by atoms with van der Waals surface area (Å²) in [5.41, 5.74) is 2.87. The molecule has 0 saturated carbocycles. The molecule has 2 N–H and O–H groups in total. The number of hydrogen-bond donors (Lipinski definition) is 2. The Balaban J connectivity index is 1.65. The maximum Gasteiger partial charge on any atom is 0.119 e. The number of ether oxygens (including phenoxy) is 1. The van der Waals surface area contributed by atoms with Crippen molar-refractivity contribution in [2.24, 2.45) is 5.92 Å². The zero-order chi connectivity index (χ0) is 10.8. The van der Waals surface area contributed by atoms with Crippen LogP contribution in [0, 0.1) is 5.92 Å². The van der Waals surface area contributed by atoms with Gasteiger partial charge < -0.3 is 15.4 Å². The molecule has 86 valence electrons. The lowest BCUT2D eigenvalue weighted by molar-refractivity contribution is 0.199. The molecule has 2 aliphatic rings. The van der Waals surface area contributed by atoms with E-state index in [1.165, 1.54) is 11.1 Å². The third-order valence-corrected chi connectivity index (χ3v) is 3.42. The summed E-state index contributed by atoms with van der Waals surface area (Å²) in [7, 11) is 0. The van der Waals surface area contributed by atoms with Crippen LogP contribution in [0.1, 0.15) is 11.1 Å². The Labute approximate surface area is 96.2 Å². The lowest BCUT2D eigenvalue weighted by atomic mass is 10.0. The van der Waals surface area contributed by atoms with Crippen LogP contribution in [0.5, 0.6) is 5.75 Å². The Morgan fingerprint density at radius 2 is 2.12 bits per heavy atom. The topological polar surface area (TPSA) is 33.3 Å². The van der Waals surface area contributed by atoms with Crippen LogP contribution in [-0.4, -0.2) is 26.2 Å². The van der Waals surface area contributed by atoms with Crippen molar-refractivity contribution in [2.45, 2.75) is 13.0 Å². The molecule has 3 heteroatoms. The molecule has 0 aliphatic carbocycles. The summed E-state index contributed by atoms with van der Waals surface area (Å²) in [5.74, 6) is 1.74. The summed E-state index contributed by atoms with van der Waals surface area (Å²) < 4.78 is 5.82. The normalized spacial score (nSPS) is 20.0. The Morgan fingerprint density at radius 3 is 2.94 bits per heavy atom. The van der Waals surface area contributed by atoms with Gasteiger partial charge in [-0.1, -0.05) is 6.07 Å². The van der Waals surface area contributed by atoms with Crippen molar-refractivity contribution in [1.29, 1.82) is 0 Å². The van der Waals surface area contributed by atoms with Crippen molar-refractivity contribution in [3.05, 3.63) is 29.3 Å². The molecular formula is C13H18N2O. The van der Waals surface area contributed by atoms with Gasteiger partial charge in [0.25, 0.3) is 0 Å². The van der Waals surface area contributed by atoms with Crippen LogP contribution in [-0.2, 0) is 13.0 Å². The van der Waals surface area contributed by atoms with Crippen LogP contribution in [0.3, 0.4) is 0 Å². The molecule has 2 heterocycles. The molecule has 1 fully saturated rings. The van der Waals surface area contributed by atoms with E-state index in [1.54, 1.807) is 0 Å². The van der Waals surface area contributed by atoms with Gasteiger partial charge >= 0.3 is 0 Å². The van der Waals surface area contributed by atoms with Crippen molar-refractivity contribution in [3.63, 3.8) is 0 Å². The van der Waals surface area contributed by atoms with Crippen LogP contribution in [0.2, 0.25) is 0 Å². The van der Waals surface area contributed by atoms with E-state index in [9.17, 15) is 0 Å². The molecule has 0 bridgehead atoms. The fraction of sp³-hybridized carbons (Fsp3) is 0.538. The minimum atomic E-state index is 0.706. The lowest BCUT2D eigenvalue weighted by Crippen LogP contribution is -2.45. The molecule has 0 atom stereocenters. The van der Waals surface area contributed by atoms with Crippen molar-refractivity contribution in [2.75, 3.05) is 26.2 Å². The van der Waals surface area contributed by atoms with Crippen LogP contribution >= 0.6 is 0 Å². The minimum absolute atomic E-state index is 0.706. The van der Waals surface area contributed by atoms with Crippen molar-refractivity contribution in [3.8, 4) is 5.75 Å².